The predicted molar refractivity (Wildman–Crippen MR) is 77.5 cm³/mol. The van der Waals surface area contributed by atoms with Crippen molar-refractivity contribution >= 4 is 23.2 Å². The largest absolute Gasteiger partial charge is 0.309 e. The Hall–Kier alpha value is -1.16. The molecule has 3 nitrogen and oxygen atoms in total. The summed E-state index contributed by atoms with van der Waals surface area (Å²) in [5.74, 6) is 0. The van der Waals surface area contributed by atoms with Crippen molar-refractivity contribution in [1.82, 2.24) is 15.3 Å². The third-order valence-electron chi connectivity index (χ3n) is 3.23. The molecular weight excluding hydrogens is 281 g/mol. The molecule has 0 spiro atoms. The first-order valence-electron chi connectivity index (χ1n) is 6.24. The lowest BCUT2D eigenvalue weighted by molar-refractivity contribution is 0.625. The van der Waals surface area contributed by atoms with E-state index in [2.05, 4.69) is 15.3 Å². The molecule has 1 aromatic carbocycles. The van der Waals surface area contributed by atoms with Gasteiger partial charge in [-0.15, -0.1) is 0 Å². The van der Waals surface area contributed by atoms with Gasteiger partial charge in [-0.2, -0.15) is 0 Å². The van der Waals surface area contributed by atoms with Crippen molar-refractivity contribution in [3.05, 3.63) is 46.3 Å². The summed E-state index contributed by atoms with van der Waals surface area (Å²) < 4.78 is 0. The Morgan fingerprint density at radius 2 is 1.89 bits per heavy atom. The van der Waals surface area contributed by atoms with Crippen molar-refractivity contribution in [2.75, 3.05) is 6.54 Å². The monoisotopic (exact) mass is 293 g/mol. The summed E-state index contributed by atoms with van der Waals surface area (Å²) in [5, 5.41) is 4.63. The van der Waals surface area contributed by atoms with Gasteiger partial charge in [0.05, 0.1) is 29.8 Å². The first-order valence-corrected chi connectivity index (χ1v) is 7.00. The maximum Gasteiger partial charge on any atom is 0.0890 e. The molecule has 1 N–H and O–H groups in total. The van der Waals surface area contributed by atoms with Crippen LogP contribution in [0.15, 0.2) is 30.6 Å². The molecule has 0 saturated carbocycles. The summed E-state index contributed by atoms with van der Waals surface area (Å²) >= 11 is 12.0. The van der Waals surface area contributed by atoms with Crippen molar-refractivity contribution in [2.45, 2.75) is 18.9 Å². The molecule has 0 aliphatic carbocycles. The summed E-state index contributed by atoms with van der Waals surface area (Å²) in [7, 11) is 0. The second-order valence-corrected chi connectivity index (χ2v) is 5.51. The zero-order valence-corrected chi connectivity index (χ0v) is 11.7. The Morgan fingerprint density at radius 3 is 2.58 bits per heavy atom. The van der Waals surface area contributed by atoms with Gasteiger partial charge in [0.1, 0.15) is 0 Å². The van der Waals surface area contributed by atoms with E-state index in [0.29, 0.717) is 16.1 Å². The van der Waals surface area contributed by atoms with Crippen molar-refractivity contribution in [2.24, 2.45) is 0 Å². The van der Waals surface area contributed by atoms with Gasteiger partial charge < -0.3 is 5.32 Å². The van der Waals surface area contributed by atoms with E-state index in [0.717, 1.165) is 29.9 Å². The van der Waals surface area contributed by atoms with Gasteiger partial charge in [-0.3, -0.25) is 4.98 Å². The lowest BCUT2D eigenvalue weighted by Gasteiger charge is -2.10. The van der Waals surface area contributed by atoms with Crippen LogP contribution in [-0.4, -0.2) is 16.5 Å². The van der Waals surface area contributed by atoms with E-state index in [1.54, 1.807) is 12.3 Å². The molecular formula is C14H13Cl2N3. The summed E-state index contributed by atoms with van der Waals surface area (Å²) in [6.45, 7) is 1.04. The first-order chi connectivity index (χ1) is 9.22. The van der Waals surface area contributed by atoms with Gasteiger partial charge in [0.15, 0.2) is 0 Å². The molecule has 1 fully saturated rings. The smallest absolute Gasteiger partial charge is 0.0890 e. The van der Waals surface area contributed by atoms with Gasteiger partial charge >= 0.3 is 0 Å². The third kappa shape index (κ3) is 2.89. The summed E-state index contributed by atoms with van der Waals surface area (Å²) in [5.41, 5.74) is 2.67. The molecule has 5 heteroatoms. The van der Waals surface area contributed by atoms with Crippen LogP contribution < -0.4 is 5.32 Å². The van der Waals surface area contributed by atoms with Gasteiger partial charge in [-0.25, -0.2) is 4.98 Å². The minimum Gasteiger partial charge on any atom is -0.309 e. The van der Waals surface area contributed by atoms with Crippen molar-refractivity contribution in [1.29, 1.82) is 0 Å². The van der Waals surface area contributed by atoms with Crippen LogP contribution in [0.2, 0.25) is 10.0 Å². The van der Waals surface area contributed by atoms with E-state index < -0.39 is 0 Å². The number of nitrogens with one attached hydrogen (secondary N) is 1. The minimum absolute atomic E-state index is 0.308. The number of nitrogens with zero attached hydrogens (tertiary/aromatic N) is 2. The number of hydrogen-bond acceptors (Lipinski definition) is 3. The fourth-order valence-corrected chi connectivity index (χ4v) is 2.85. The average molecular weight is 294 g/mol. The molecule has 1 unspecified atom stereocenters. The standard InChI is InChI=1S/C14H13Cl2N3/c15-10-4-9(5-11(16)6-10)13-7-17-8-14(19-13)12-2-1-3-18-12/h4-8,12,18H,1-3H2. The van der Waals surface area contributed by atoms with E-state index in [9.17, 15) is 0 Å². The molecule has 1 atom stereocenters. The third-order valence-corrected chi connectivity index (χ3v) is 3.67. The Kier molecular flexibility index (Phi) is 3.69. The number of benzene rings is 1. The van der Waals surface area contributed by atoms with E-state index in [4.69, 9.17) is 23.2 Å². The van der Waals surface area contributed by atoms with Gasteiger partial charge in [-0.1, -0.05) is 23.2 Å². The molecule has 0 bridgehead atoms. The molecule has 1 saturated heterocycles. The highest BCUT2D eigenvalue weighted by atomic mass is 35.5. The fraction of sp³-hybridized carbons (Fsp3) is 0.286. The number of hydrogen-bond donors (Lipinski definition) is 1. The van der Waals surface area contributed by atoms with Crippen LogP contribution in [0.1, 0.15) is 24.6 Å². The molecule has 3 rings (SSSR count). The molecule has 98 valence electrons. The highest BCUT2D eigenvalue weighted by molar-refractivity contribution is 6.35. The SMILES string of the molecule is Clc1cc(Cl)cc(-c2cncc(C3CCCN3)n2)c1. The van der Waals surface area contributed by atoms with Gasteiger partial charge in [-0.05, 0) is 37.6 Å². The number of halogens is 2. The topological polar surface area (TPSA) is 37.8 Å². The molecule has 1 aliphatic heterocycles. The zero-order chi connectivity index (χ0) is 13.2. The lowest BCUT2D eigenvalue weighted by atomic mass is 10.1. The number of aromatic nitrogens is 2. The minimum atomic E-state index is 0.308. The molecule has 1 aromatic heterocycles. The average Bonchev–Trinajstić information content (AvgIpc) is 2.92. The zero-order valence-electron chi connectivity index (χ0n) is 10.2. The maximum atomic E-state index is 6.02. The van der Waals surface area contributed by atoms with Crippen LogP contribution in [0.25, 0.3) is 11.3 Å². The van der Waals surface area contributed by atoms with E-state index in [1.807, 2.05) is 18.3 Å². The highest BCUT2D eigenvalue weighted by Gasteiger charge is 2.18. The van der Waals surface area contributed by atoms with Crippen molar-refractivity contribution in [3.63, 3.8) is 0 Å². The normalized spacial score (nSPS) is 18.7. The summed E-state index contributed by atoms with van der Waals surface area (Å²) in [6, 6.07) is 5.72. The van der Waals surface area contributed by atoms with Gasteiger partial charge in [0.25, 0.3) is 0 Å². The maximum absolute atomic E-state index is 6.02. The van der Waals surface area contributed by atoms with Crippen LogP contribution in [0.5, 0.6) is 0 Å². The van der Waals surface area contributed by atoms with Crippen LogP contribution in [0.4, 0.5) is 0 Å². The summed E-state index contributed by atoms with van der Waals surface area (Å²) in [4.78, 5) is 8.94. The summed E-state index contributed by atoms with van der Waals surface area (Å²) in [6.07, 6.45) is 5.84. The molecule has 0 radical (unpaired) electrons. The Morgan fingerprint density at radius 1 is 1.11 bits per heavy atom. The van der Waals surface area contributed by atoms with Crippen LogP contribution in [0, 0.1) is 0 Å². The lowest BCUT2D eigenvalue weighted by Crippen LogP contribution is -2.14. The molecule has 1 aliphatic rings. The van der Waals surface area contributed by atoms with Crippen LogP contribution >= 0.6 is 23.2 Å². The quantitative estimate of drug-likeness (QED) is 0.913. The Labute approximate surface area is 122 Å². The van der Waals surface area contributed by atoms with Gasteiger partial charge in [0.2, 0.25) is 0 Å². The Balaban J connectivity index is 1.98. The molecule has 0 amide bonds. The second kappa shape index (κ2) is 5.45. The predicted octanol–water partition coefficient (Wildman–Crippen LogP) is 3.87. The molecule has 2 aromatic rings. The first kappa shape index (κ1) is 12.9. The highest BCUT2D eigenvalue weighted by Crippen LogP contribution is 2.27. The fourth-order valence-electron chi connectivity index (χ4n) is 2.33. The molecule has 19 heavy (non-hydrogen) atoms. The van der Waals surface area contributed by atoms with E-state index in [-0.39, 0.29) is 0 Å². The molecule has 2 heterocycles. The van der Waals surface area contributed by atoms with Crippen LogP contribution in [-0.2, 0) is 0 Å². The van der Waals surface area contributed by atoms with Crippen LogP contribution in [0.3, 0.4) is 0 Å². The van der Waals surface area contributed by atoms with Crippen molar-refractivity contribution in [3.8, 4) is 11.3 Å². The number of rotatable bonds is 2. The van der Waals surface area contributed by atoms with Gasteiger partial charge in [0, 0.05) is 15.6 Å². The Bertz CT molecular complexity index is 575. The van der Waals surface area contributed by atoms with E-state index in [1.165, 1.54) is 6.42 Å². The second-order valence-electron chi connectivity index (χ2n) is 4.64. The van der Waals surface area contributed by atoms with E-state index >= 15 is 0 Å². The van der Waals surface area contributed by atoms with Crippen molar-refractivity contribution < 1.29 is 0 Å².